The van der Waals surface area contributed by atoms with Gasteiger partial charge in [-0.25, -0.2) is 8.78 Å². The molecule has 4 heteroatoms. The van der Waals surface area contributed by atoms with E-state index in [0.29, 0.717) is 5.56 Å². The Bertz CT molecular complexity index is 976. The van der Waals surface area contributed by atoms with E-state index in [1.165, 1.54) is 17.7 Å². The number of benzene rings is 3. The van der Waals surface area contributed by atoms with Crippen molar-refractivity contribution in [2.75, 3.05) is 0 Å². The highest BCUT2D eigenvalue weighted by Gasteiger charge is 2.08. The molecule has 0 spiro atoms. The van der Waals surface area contributed by atoms with E-state index in [1.54, 1.807) is 12.2 Å². The molecule has 0 bridgehead atoms. The Morgan fingerprint density at radius 3 is 1.85 bits per heavy atom. The summed E-state index contributed by atoms with van der Waals surface area (Å²) in [6, 6.07) is 18.7. The summed E-state index contributed by atoms with van der Waals surface area (Å²) in [4.78, 5) is 3.40. The molecular weight excluding hydrogens is 348 g/mol. The Labute approximate surface area is 156 Å². The number of isothiocyanates is 1. The average Bonchev–Trinajstić information content (AvgIpc) is 2.64. The van der Waals surface area contributed by atoms with Crippen LogP contribution < -0.4 is 0 Å². The van der Waals surface area contributed by atoms with Gasteiger partial charge in [0.2, 0.25) is 0 Å². The van der Waals surface area contributed by atoms with Gasteiger partial charge in [0.25, 0.3) is 0 Å². The molecule has 0 atom stereocenters. The van der Waals surface area contributed by atoms with E-state index >= 15 is 0 Å². The fourth-order valence-electron chi connectivity index (χ4n) is 2.56. The fourth-order valence-corrected chi connectivity index (χ4v) is 2.65. The molecule has 26 heavy (non-hydrogen) atoms. The summed E-state index contributed by atoms with van der Waals surface area (Å²) in [6.45, 7) is 2.05. The predicted octanol–water partition coefficient (Wildman–Crippen LogP) is 6.84. The van der Waals surface area contributed by atoms with Crippen molar-refractivity contribution in [3.05, 3.63) is 89.0 Å². The van der Waals surface area contributed by atoms with Crippen LogP contribution in [-0.4, -0.2) is 5.16 Å². The second-order valence-electron chi connectivity index (χ2n) is 5.86. The molecule has 0 aromatic heterocycles. The lowest BCUT2D eigenvalue weighted by Gasteiger charge is -2.03. The van der Waals surface area contributed by atoms with E-state index in [1.807, 2.05) is 29.4 Å². The van der Waals surface area contributed by atoms with Crippen molar-refractivity contribution in [2.24, 2.45) is 4.99 Å². The number of halogens is 2. The Kier molecular flexibility index (Phi) is 5.47. The van der Waals surface area contributed by atoms with Gasteiger partial charge in [0, 0.05) is 0 Å². The van der Waals surface area contributed by atoms with Crippen LogP contribution in [0.4, 0.5) is 14.5 Å². The number of nitrogens with zero attached hydrogens (tertiary/aromatic N) is 1. The van der Waals surface area contributed by atoms with E-state index in [2.05, 4.69) is 48.4 Å². The van der Waals surface area contributed by atoms with E-state index in [-0.39, 0.29) is 0 Å². The molecule has 1 nitrogen and oxygen atoms in total. The van der Waals surface area contributed by atoms with Crippen molar-refractivity contribution < 1.29 is 8.78 Å². The maximum absolute atomic E-state index is 13.8. The maximum atomic E-state index is 13.8. The third-order valence-corrected chi connectivity index (χ3v) is 4.05. The number of hydrogen-bond donors (Lipinski definition) is 0. The summed E-state index contributed by atoms with van der Waals surface area (Å²) in [6.07, 6.45) is 3.45. The van der Waals surface area contributed by atoms with Gasteiger partial charge in [-0.3, -0.25) is 0 Å². The zero-order valence-electron chi connectivity index (χ0n) is 14.0. The molecule has 3 rings (SSSR count). The lowest BCUT2D eigenvalue weighted by atomic mass is 10.0. The number of rotatable bonds is 4. The normalized spacial score (nSPS) is 10.7. The molecule has 0 N–H and O–H groups in total. The zero-order valence-corrected chi connectivity index (χ0v) is 14.9. The van der Waals surface area contributed by atoms with Crippen molar-refractivity contribution in [1.29, 1.82) is 0 Å². The van der Waals surface area contributed by atoms with E-state index < -0.39 is 17.3 Å². The summed E-state index contributed by atoms with van der Waals surface area (Å²) in [5.74, 6) is -1.53. The van der Waals surface area contributed by atoms with Gasteiger partial charge in [-0.1, -0.05) is 66.2 Å². The van der Waals surface area contributed by atoms with Crippen LogP contribution in [-0.2, 0) is 0 Å². The van der Waals surface area contributed by atoms with Gasteiger partial charge in [0.15, 0.2) is 11.6 Å². The molecule has 0 aliphatic rings. The first-order valence-electron chi connectivity index (χ1n) is 7.99. The van der Waals surface area contributed by atoms with Gasteiger partial charge in [-0.2, -0.15) is 4.99 Å². The van der Waals surface area contributed by atoms with Gasteiger partial charge in [0.1, 0.15) is 5.69 Å². The molecule has 0 saturated carbocycles. The summed E-state index contributed by atoms with van der Waals surface area (Å²) in [7, 11) is 0. The van der Waals surface area contributed by atoms with Crippen molar-refractivity contribution in [3.63, 3.8) is 0 Å². The second-order valence-corrected chi connectivity index (χ2v) is 6.04. The van der Waals surface area contributed by atoms with Crippen LogP contribution in [0.3, 0.4) is 0 Å². The molecular formula is C22H15F2NS. The molecule has 0 unspecified atom stereocenters. The first-order valence-corrected chi connectivity index (χ1v) is 8.40. The number of thiocarbonyl (C=S) groups is 1. The van der Waals surface area contributed by atoms with Crippen molar-refractivity contribution in [2.45, 2.75) is 6.92 Å². The van der Waals surface area contributed by atoms with Crippen LogP contribution in [0.1, 0.15) is 16.7 Å². The Balaban J connectivity index is 1.81. The van der Waals surface area contributed by atoms with Crippen LogP contribution in [0, 0.1) is 18.6 Å². The number of hydrogen-bond acceptors (Lipinski definition) is 2. The molecule has 0 aliphatic carbocycles. The lowest BCUT2D eigenvalue weighted by molar-refractivity contribution is 0.587. The lowest BCUT2D eigenvalue weighted by Crippen LogP contribution is -1.85. The van der Waals surface area contributed by atoms with Crippen LogP contribution in [0.2, 0.25) is 0 Å². The fraction of sp³-hybridized carbons (Fsp3) is 0.0455. The number of aliphatic imine (C=N–C) groups is 1. The summed E-state index contributed by atoms with van der Waals surface area (Å²) >= 11 is 4.39. The summed E-state index contributed by atoms with van der Waals surface area (Å²) < 4.78 is 27.7. The minimum atomic E-state index is -0.767. The van der Waals surface area contributed by atoms with E-state index in [4.69, 9.17) is 0 Å². The number of aryl methyl sites for hydroxylation is 1. The highest BCUT2D eigenvalue weighted by atomic mass is 32.1. The zero-order chi connectivity index (χ0) is 18.5. The maximum Gasteiger partial charge on any atom is 0.153 e. The van der Waals surface area contributed by atoms with Crippen LogP contribution in [0.15, 0.2) is 65.7 Å². The average molecular weight is 363 g/mol. The smallest absolute Gasteiger partial charge is 0.153 e. The molecule has 0 aliphatic heterocycles. The molecule has 0 heterocycles. The highest BCUT2D eigenvalue weighted by molar-refractivity contribution is 7.78. The molecule has 0 radical (unpaired) electrons. The van der Waals surface area contributed by atoms with Gasteiger partial charge in [-0.15, -0.1) is 0 Å². The van der Waals surface area contributed by atoms with Crippen molar-refractivity contribution >= 4 is 35.2 Å². The van der Waals surface area contributed by atoms with Gasteiger partial charge in [-0.05, 0) is 53.5 Å². The van der Waals surface area contributed by atoms with Crippen LogP contribution in [0.25, 0.3) is 23.3 Å². The third kappa shape index (κ3) is 4.17. The SMILES string of the molecule is Cc1ccc(-c2ccc(C=Cc3cc(F)c(N=C=S)c(F)c3)cc2)cc1. The van der Waals surface area contributed by atoms with E-state index in [0.717, 1.165) is 16.7 Å². The Morgan fingerprint density at radius 1 is 0.808 bits per heavy atom. The molecule has 3 aromatic rings. The third-order valence-electron chi connectivity index (χ3n) is 3.96. The summed E-state index contributed by atoms with van der Waals surface area (Å²) in [5.41, 5.74) is 4.40. The van der Waals surface area contributed by atoms with Crippen LogP contribution >= 0.6 is 12.2 Å². The standard InChI is InChI=1S/C22H15F2NS/c1-15-2-8-18(9-3-15)19-10-6-16(7-11-19)4-5-17-12-20(23)22(25-14-26)21(24)13-17/h2-13H,1H3. The molecule has 3 aromatic carbocycles. The van der Waals surface area contributed by atoms with Gasteiger partial charge in [0.05, 0.1) is 5.16 Å². The minimum Gasteiger partial charge on any atom is -0.204 e. The minimum absolute atomic E-state index is 0.408. The molecule has 0 saturated heterocycles. The topological polar surface area (TPSA) is 12.4 Å². The van der Waals surface area contributed by atoms with Gasteiger partial charge < -0.3 is 0 Å². The quantitative estimate of drug-likeness (QED) is 0.281. The Hall–Kier alpha value is -2.94. The van der Waals surface area contributed by atoms with Crippen molar-refractivity contribution in [3.8, 4) is 11.1 Å². The first kappa shape index (κ1) is 17.9. The van der Waals surface area contributed by atoms with Gasteiger partial charge >= 0.3 is 0 Å². The van der Waals surface area contributed by atoms with E-state index in [9.17, 15) is 8.78 Å². The first-order chi connectivity index (χ1) is 12.6. The summed E-state index contributed by atoms with van der Waals surface area (Å²) in [5, 5.41) is 1.98. The predicted molar refractivity (Wildman–Crippen MR) is 107 cm³/mol. The second kappa shape index (κ2) is 7.96. The highest BCUT2D eigenvalue weighted by Crippen LogP contribution is 2.25. The monoisotopic (exact) mass is 363 g/mol. The largest absolute Gasteiger partial charge is 0.204 e. The van der Waals surface area contributed by atoms with Crippen molar-refractivity contribution in [1.82, 2.24) is 0 Å². The molecule has 0 amide bonds. The molecule has 128 valence electrons. The van der Waals surface area contributed by atoms with Crippen LogP contribution in [0.5, 0.6) is 0 Å². The molecule has 0 fully saturated rings. The Morgan fingerprint density at radius 2 is 1.31 bits per heavy atom.